The van der Waals surface area contributed by atoms with Crippen molar-refractivity contribution in [1.82, 2.24) is 10.6 Å². The van der Waals surface area contributed by atoms with Crippen LogP contribution < -0.4 is 21.5 Å². The van der Waals surface area contributed by atoms with Gasteiger partial charge in [-0.2, -0.15) is 26.3 Å². The van der Waals surface area contributed by atoms with Crippen molar-refractivity contribution >= 4 is 29.6 Å². The summed E-state index contributed by atoms with van der Waals surface area (Å²) in [7, 11) is 4.17. The third-order valence-corrected chi connectivity index (χ3v) is 6.94. The van der Waals surface area contributed by atoms with Crippen LogP contribution in [0, 0.1) is 5.41 Å². The molecule has 0 aromatic heterocycles. The van der Waals surface area contributed by atoms with Crippen LogP contribution in [0.3, 0.4) is 0 Å². The number of piperidine rings is 1. The molecule has 6 N–H and O–H groups in total. The molecule has 0 saturated carbocycles. The first-order chi connectivity index (χ1) is 21.1. The van der Waals surface area contributed by atoms with E-state index in [4.69, 9.17) is 30.9 Å². The van der Waals surface area contributed by atoms with E-state index in [1.54, 1.807) is 19.1 Å². The maximum Gasteiger partial charge on any atom is 0.490 e. The molecule has 254 valence electrons. The maximum atomic E-state index is 13.1. The van der Waals surface area contributed by atoms with Crippen molar-refractivity contribution in [3.05, 3.63) is 71.3 Å². The molecule has 2 amide bonds. The minimum absolute atomic E-state index is 0.00969. The number of nitrogen functional groups attached to an aromatic ring is 1. The van der Waals surface area contributed by atoms with Crippen LogP contribution in [-0.2, 0) is 25.7 Å². The van der Waals surface area contributed by atoms with Crippen LogP contribution in [0.4, 0.5) is 26.3 Å². The fraction of sp³-hybridized carbons (Fsp3) is 0.414. The Bertz CT molecular complexity index is 1330. The van der Waals surface area contributed by atoms with Gasteiger partial charge in [-0.05, 0) is 24.0 Å². The number of amides is 2. The quantitative estimate of drug-likeness (QED) is 0.130. The minimum Gasteiger partial charge on any atom is -0.542 e. The zero-order valence-corrected chi connectivity index (χ0v) is 25.0. The largest absolute Gasteiger partial charge is 0.542 e. The molecule has 2 aromatic rings. The molecule has 1 aliphatic heterocycles. The standard InChI is InChI=1S/C25H33N5O2.2C2HF3O2/c1-17(24(31)28-16-18-9-11-20(12-10-18)23(26)27)29-25(32)22-15-21(13-14-30(22,2)3)19-7-5-4-6-8-19;2*3-2(4,5)1(6)7/h4-12,17,21-22H,13-16H2,1-3H3,(H4-,26,27,28,29,31,32);2*(H,6,7)/t17?,21-,22+;;/m0../s1. The number of likely N-dealkylation sites (tertiary alicyclic amines) is 1. The number of benzene rings is 2. The average molecular weight is 664 g/mol. The Labute approximate surface area is 260 Å². The van der Waals surface area contributed by atoms with Gasteiger partial charge in [0.25, 0.3) is 5.91 Å². The highest BCUT2D eigenvalue weighted by Gasteiger charge is 2.42. The molecule has 11 nitrogen and oxygen atoms in total. The first kappa shape index (κ1) is 39.4. The summed E-state index contributed by atoms with van der Waals surface area (Å²) in [5.74, 6) is -5.71. The zero-order valence-electron chi connectivity index (χ0n) is 25.0. The predicted molar refractivity (Wildman–Crippen MR) is 151 cm³/mol. The summed E-state index contributed by atoms with van der Waals surface area (Å²) in [6.45, 7) is 2.97. The second-order valence-corrected chi connectivity index (χ2v) is 10.8. The number of halogens is 6. The number of nitrogens with two attached hydrogens (primary N) is 1. The van der Waals surface area contributed by atoms with Crippen molar-refractivity contribution in [2.24, 2.45) is 5.73 Å². The molecule has 1 saturated heterocycles. The Morgan fingerprint density at radius 3 is 1.93 bits per heavy atom. The molecule has 0 radical (unpaired) electrons. The molecular formula is C29H35F6N5O6. The van der Waals surface area contributed by atoms with E-state index in [0.717, 1.165) is 24.9 Å². The van der Waals surface area contributed by atoms with E-state index in [9.17, 15) is 35.9 Å². The Morgan fingerprint density at radius 1 is 1.00 bits per heavy atom. The van der Waals surface area contributed by atoms with E-state index < -0.39 is 30.3 Å². The number of nitrogens with zero attached hydrogens (tertiary/aromatic N) is 1. The lowest BCUT2D eigenvalue weighted by Crippen LogP contribution is -2.61. The molecular weight excluding hydrogens is 628 g/mol. The van der Waals surface area contributed by atoms with Crippen LogP contribution in [0.1, 0.15) is 42.4 Å². The summed E-state index contributed by atoms with van der Waals surface area (Å²) in [6, 6.07) is 16.7. The van der Waals surface area contributed by atoms with Crippen LogP contribution in [0.5, 0.6) is 0 Å². The number of carbonyl (C=O) groups excluding carboxylic acids is 3. The topological polar surface area (TPSA) is 186 Å². The van der Waals surface area contributed by atoms with Crippen molar-refractivity contribution in [3.63, 3.8) is 0 Å². The molecule has 0 bridgehead atoms. The van der Waals surface area contributed by atoms with Gasteiger partial charge in [0.05, 0.1) is 20.6 Å². The first-order valence-corrected chi connectivity index (χ1v) is 13.5. The lowest BCUT2D eigenvalue weighted by atomic mass is 9.84. The summed E-state index contributed by atoms with van der Waals surface area (Å²) in [5, 5.41) is 29.1. The number of hydrogen-bond donors (Lipinski definition) is 5. The monoisotopic (exact) mass is 663 g/mol. The zero-order chi connectivity index (χ0) is 35.5. The van der Waals surface area contributed by atoms with E-state index in [-0.39, 0.29) is 23.7 Å². The maximum absolute atomic E-state index is 13.1. The Morgan fingerprint density at radius 2 is 1.50 bits per heavy atom. The molecule has 0 spiro atoms. The van der Waals surface area contributed by atoms with Crippen LogP contribution >= 0.6 is 0 Å². The fourth-order valence-electron chi connectivity index (χ4n) is 4.29. The normalized spacial score (nSPS) is 17.8. The van der Waals surface area contributed by atoms with E-state index in [0.29, 0.717) is 22.5 Å². The van der Waals surface area contributed by atoms with Crippen molar-refractivity contribution in [2.75, 3.05) is 20.6 Å². The Kier molecular flexibility index (Phi) is 14.2. The highest BCUT2D eigenvalue weighted by molar-refractivity contribution is 5.95. The first-order valence-electron chi connectivity index (χ1n) is 13.5. The summed E-state index contributed by atoms with van der Waals surface area (Å²) in [4.78, 5) is 43.4. The minimum atomic E-state index is -5.19. The molecule has 1 unspecified atom stereocenters. The number of likely N-dealkylation sites (N-methyl/N-ethyl adjacent to an activating group) is 1. The predicted octanol–water partition coefficient (Wildman–Crippen LogP) is 2.05. The van der Waals surface area contributed by atoms with Gasteiger partial charge in [0.2, 0.25) is 5.91 Å². The number of rotatable bonds is 7. The molecule has 0 aliphatic carbocycles. The third-order valence-electron chi connectivity index (χ3n) is 6.94. The average Bonchev–Trinajstić information content (AvgIpc) is 2.96. The van der Waals surface area contributed by atoms with E-state index >= 15 is 0 Å². The highest BCUT2D eigenvalue weighted by atomic mass is 19.4. The van der Waals surface area contributed by atoms with Crippen LogP contribution in [0.25, 0.3) is 0 Å². The summed E-state index contributed by atoms with van der Waals surface area (Å²) in [5.41, 5.74) is 8.28. The van der Waals surface area contributed by atoms with Crippen molar-refractivity contribution in [1.29, 1.82) is 5.41 Å². The fourth-order valence-corrected chi connectivity index (χ4v) is 4.29. The van der Waals surface area contributed by atoms with Gasteiger partial charge in [-0.3, -0.25) is 15.0 Å². The number of carbonyl (C=O) groups is 4. The van der Waals surface area contributed by atoms with Crippen LogP contribution in [-0.4, -0.2) is 84.3 Å². The number of aliphatic carboxylic acids is 2. The molecule has 1 aliphatic rings. The number of carboxylic acid groups (broad SMARTS) is 2. The third kappa shape index (κ3) is 13.1. The van der Waals surface area contributed by atoms with Crippen molar-refractivity contribution in [3.8, 4) is 0 Å². The molecule has 3 atom stereocenters. The number of nitrogens with one attached hydrogen (secondary N) is 3. The van der Waals surface area contributed by atoms with Gasteiger partial charge in [0.15, 0.2) is 6.04 Å². The lowest BCUT2D eigenvalue weighted by molar-refractivity contribution is -0.911. The van der Waals surface area contributed by atoms with E-state index in [1.165, 1.54) is 5.56 Å². The Hall–Kier alpha value is -4.67. The summed E-state index contributed by atoms with van der Waals surface area (Å²) < 4.78 is 63.9. The van der Waals surface area contributed by atoms with Gasteiger partial charge in [0, 0.05) is 24.9 Å². The Balaban J connectivity index is 0.000000629. The SMILES string of the molecule is CC(NC(=O)[C@H]1C[C@@H](c2ccccc2)CC[N+]1(C)C)C(=O)NCc1ccc(C(=N)N)cc1.O=C(O)C(F)(F)F.O=C([O-])C(F)(F)F. The van der Waals surface area contributed by atoms with Gasteiger partial charge in [-0.25, -0.2) is 4.79 Å². The molecule has 17 heteroatoms. The second kappa shape index (κ2) is 16.6. The van der Waals surface area contributed by atoms with Crippen LogP contribution in [0.15, 0.2) is 54.6 Å². The van der Waals surface area contributed by atoms with Crippen molar-refractivity contribution < 1.29 is 60.2 Å². The second-order valence-electron chi connectivity index (χ2n) is 10.8. The smallest absolute Gasteiger partial charge is 0.490 e. The molecule has 1 fully saturated rings. The molecule has 46 heavy (non-hydrogen) atoms. The number of alkyl halides is 6. The summed E-state index contributed by atoms with van der Waals surface area (Å²) >= 11 is 0. The van der Waals surface area contributed by atoms with Crippen LogP contribution in [0.2, 0.25) is 0 Å². The number of hydrogen-bond acceptors (Lipinski definition) is 6. The van der Waals surface area contributed by atoms with Gasteiger partial charge < -0.3 is 35.9 Å². The molecule has 3 rings (SSSR count). The van der Waals surface area contributed by atoms with Gasteiger partial charge in [-0.1, -0.05) is 54.6 Å². The van der Waals surface area contributed by atoms with Crippen molar-refractivity contribution in [2.45, 2.75) is 56.7 Å². The number of carboxylic acids is 2. The lowest BCUT2D eigenvalue weighted by Gasteiger charge is -2.43. The summed E-state index contributed by atoms with van der Waals surface area (Å²) in [6.07, 6.45) is -8.47. The number of amidine groups is 1. The molecule has 2 aromatic carbocycles. The van der Waals surface area contributed by atoms with E-state index in [1.807, 2.05) is 30.3 Å². The highest BCUT2D eigenvalue weighted by Crippen LogP contribution is 2.34. The number of quaternary nitrogens is 1. The van der Waals surface area contributed by atoms with Gasteiger partial charge in [0.1, 0.15) is 17.8 Å². The van der Waals surface area contributed by atoms with Gasteiger partial charge >= 0.3 is 18.3 Å². The van der Waals surface area contributed by atoms with Gasteiger partial charge in [-0.15, -0.1) is 0 Å². The van der Waals surface area contributed by atoms with E-state index in [2.05, 4.69) is 36.9 Å². The molecule has 1 heterocycles.